The number of halogens is 3. The highest BCUT2D eigenvalue weighted by molar-refractivity contribution is 5.96. The summed E-state index contributed by atoms with van der Waals surface area (Å²) < 4.78 is 37.8. The van der Waals surface area contributed by atoms with Gasteiger partial charge in [0.05, 0.1) is 6.04 Å². The number of hydrogen-bond acceptors (Lipinski definition) is 3. The average Bonchev–Trinajstić information content (AvgIpc) is 2.59. The van der Waals surface area contributed by atoms with Crippen molar-refractivity contribution in [1.82, 2.24) is 4.90 Å². The zero-order valence-corrected chi connectivity index (χ0v) is 13.8. The Morgan fingerprint density at radius 1 is 1.25 bits per heavy atom. The predicted octanol–water partition coefficient (Wildman–Crippen LogP) is 2.67. The largest absolute Gasteiger partial charge is 0.414 e. The predicted molar refractivity (Wildman–Crippen MR) is 85.7 cm³/mol. The molecule has 1 N–H and O–H groups in total. The van der Waals surface area contributed by atoms with Gasteiger partial charge in [-0.2, -0.15) is 13.2 Å². The standard InChI is InChI=1S/C17H23F3N2O2/c1-12(16(24)21(2)14-6-4-3-5-7-14)22-10-8-13(9-11-22)15(23)17(18,19)20/h3-7,12-13,15,23H,8-11H2,1-2H3. The Kier molecular flexibility index (Phi) is 5.87. The zero-order chi connectivity index (χ0) is 17.9. The smallest absolute Gasteiger partial charge is 0.383 e. The van der Waals surface area contributed by atoms with Gasteiger partial charge in [-0.3, -0.25) is 9.69 Å². The van der Waals surface area contributed by atoms with Gasteiger partial charge in [0.15, 0.2) is 6.10 Å². The van der Waals surface area contributed by atoms with Gasteiger partial charge >= 0.3 is 6.18 Å². The van der Waals surface area contributed by atoms with Crippen LogP contribution in [0.15, 0.2) is 30.3 Å². The number of amides is 1. The lowest BCUT2D eigenvalue weighted by Crippen LogP contribution is -2.51. The molecule has 2 unspecified atom stereocenters. The molecule has 1 aliphatic heterocycles. The molecule has 4 nitrogen and oxygen atoms in total. The Bertz CT molecular complexity index is 543. The van der Waals surface area contributed by atoms with Crippen molar-refractivity contribution in [3.63, 3.8) is 0 Å². The van der Waals surface area contributed by atoms with Gasteiger partial charge in [0.25, 0.3) is 0 Å². The van der Waals surface area contributed by atoms with Crippen LogP contribution in [-0.2, 0) is 4.79 Å². The van der Waals surface area contributed by atoms with E-state index < -0.39 is 24.2 Å². The maximum Gasteiger partial charge on any atom is 0.414 e. The van der Waals surface area contributed by atoms with Gasteiger partial charge in [-0.15, -0.1) is 0 Å². The molecular formula is C17H23F3N2O2. The Hall–Kier alpha value is -1.60. The summed E-state index contributed by atoms with van der Waals surface area (Å²) in [7, 11) is 1.69. The minimum Gasteiger partial charge on any atom is -0.383 e. The SMILES string of the molecule is CC(C(=O)N(C)c1ccccc1)N1CCC(C(O)C(F)(F)F)CC1. The summed E-state index contributed by atoms with van der Waals surface area (Å²) in [6.07, 6.45) is -6.40. The number of carbonyl (C=O) groups is 1. The summed E-state index contributed by atoms with van der Waals surface area (Å²) in [5, 5.41) is 9.36. The molecule has 1 heterocycles. The highest BCUT2D eigenvalue weighted by Crippen LogP contribution is 2.32. The molecule has 134 valence electrons. The van der Waals surface area contributed by atoms with E-state index in [1.54, 1.807) is 18.9 Å². The van der Waals surface area contributed by atoms with Crippen molar-refractivity contribution in [3.05, 3.63) is 30.3 Å². The topological polar surface area (TPSA) is 43.8 Å². The Morgan fingerprint density at radius 3 is 2.29 bits per heavy atom. The number of likely N-dealkylation sites (tertiary alicyclic amines) is 1. The number of anilines is 1. The average molecular weight is 344 g/mol. The van der Waals surface area contributed by atoms with Crippen molar-refractivity contribution in [1.29, 1.82) is 0 Å². The maximum absolute atomic E-state index is 12.6. The number of carbonyl (C=O) groups excluding carboxylic acids is 1. The van der Waals surface area contributed by atoms with E-state index in [4.69, 9.17) is 0 Å². The number of benzene rings is 1. The molecule has 0 aliphatic carbocycles. The van der Waals surface area contributed by atoms with Crippen LogP contribution in [0.2, 0.25) is 0 Å². The molecular weight excluding hydrogens is 321 g/mol. The Labute approximate surface area is 139 Å². The third kappa shape index (κ3) is 4.27. The first-order chi connectivity index (χ1) is 11.2. The molecule has 0 aromatic heterocycles. The number of likely N-dealkylation sites (N-methyl/N-ethyl adjacent to an activating group) is 1. The van der Waals surface area contributed by atoms with Crippen molar-refractivity contribution in [2.45, 2.75) is 38.1 Å². The molecule has 2 rings (SSSR count). The summed E-state index contributed by atoms with van der Waals surface area (Å²) in [6, 6.07) is 8.79. The molecule has 1 aromatic carbocycles. The van der Waals surface area contributed by atoms with E-state index in [1.165, 1.54) is 0 Å². The highest BCUT2D eigenvalue weighted by Gasteiger charge is 2.44. The minimum absolute atomic E-state index is 0.101. The number of para-hydroxylation sites is 1. The van der Waals surface area contributed by atoms with Gasteiger partial charge in [-0.1, -0.05) is 18.2 Å². The second kappa shape index (κ2) is 7.53. The summed E-state index contributed by atoms with van der Waals surface area (Å²) in [5.74, 6) is -0.897. The molecule has 1 aromatic rings. The van der Waals surface area contributed by atoms with Gasteiger partial charge in [0.2, 0.25) is 5.91 Å². The van der Waals surface area contributed by atoms with Crippen LogP contribution in [0.5, 0.6) is 0 Å². The first kappa shape index (κ1) is 18.7. The third-order valence-electron chi connectivity index (χ3n) is 4.74. The lowest BCUT2D eigenvalue weighted by Gasteiger charge is -2.38. The van der Waals surface area contributed by atoms with Crippen molar-refractivity contribution in [2.24, 2.45) is 5.92 Å². The molecule has 0 spiro atoms. The third-order valence-corrected chi connectivity index (χ3v) is 4.74. The molecule has 24 heavy (non-hydrogen) atoms. The van der Waals surface area contributed by atoms with E-state index in [2.05, 4.69) is 0 Å². The number of alkyl halides is 3. The van der Waals surface area contributed by atoms with Gasteiger partial charge < -0.3 is 10.0 Å². The van der Waals surface area contributed by atoms with Crippen molar-refractivity contribution in [3.8, 4) is 0 Å². The number of nitrogens with zero attached hydrogens (tertiary/aromatic N) is 2. The summed E-state index contributed by atoms with van der Waals surface area (Å²) in [5.41, 5.74) is 0.775. The zero-order valence-electron chi connectivity index (χ0n) is 13.8. The lowest BCUT2D eigenvalue weighted by atomic mass is 9.90. The van der Waals surface area contributed by atoms with E-state index in [0.717, 1.165) is 5.69 Å². The first-order valence-electron chi connectivity index (χ1n) is 8.03. The van der Waals surface area contributed by atoms with Crippen LogP contribution in [0.1, 0.15) is 19.8 Å². The van der Waals surface area contributed by atoms with E-state index >= 15 is 0 Å². The fraction of sp³-hybridized carbons (Fsp3) is 0.588. The quantitative estimate of drug-likeness (QED) is 0.913. The molecule has 1 saturated heterocycles. The Balaban J connectivity index is 1.93. The first-order valence-corrected chi connectivity index (χ1v) is 8.03. The van der Waals surface area contributed by atoms with E-state index in [9.17, 15) is 23.1 Å². The van der Waals surface area contributed by atoms with Gasteiger partial charge in [0.1, 0.15) is 0 Å². The number of rotatable bonds is 4. The molecule has 1 aliphatic rings. The van der Waals surface area contributed by atoms with Gasteiger partial charge in [0, 0.05) is 12.7 Å². The van der Waals surface area contributed by atoms with E-state index in [0.29, 0.717) is 13.1 Å². The second-order valence-corrected chi connectivity index (χ2v) is 6.27. The highest BCUT2D eigenvalue weighted by atomic mass is 19.4. The fourth-order valence-electron chi connectivity index (χ4n) is 3.11. The number of aliphatic hydroxyl groups is 1. The van der Waals surface area contributed by atoms with Crippen LogP contribution >= 0.6 is 0 Å². The summed E-state index contributed by atoms with van der Waals surface area (Å²) >= 11 is 0. The van der Waals surface area contributed by atoms with Crippen molar-refractivity contribution in [2.75, 3.05) is 25.0 Å². The molecule has 0 saturated carbocycles. The molecule has 7 heteroatoms. The second-order valence-electron chi connectivity index (χ2n) is 6.27. The molecule has 1 amide bonds. The molecule has 0 radical (unpaired) electrons. The van der Waals surface area contributed by atoms with Crippen LogP contribution < -0.4 is 4.90 Å². The minimum atomic E-state index is -4.58. The monoisotopic (exact) mass is 344 g/mol. The molecule has 0 bridgehead atoms. The number of piperidine rings is 1. The van der Waals surface area contributed by atoms with E-state index in [-0.39, 0.29) is 18.7 Å². The molecule has 1 fully saturated rings. The van der Waals surface area contributed by atoms with E-state index in [1.807, 2.05) is 35.2 Å². The number of aliphatic hydroxyl groups excluding tert-OH is 1. The van der Waals surface area contributed by atoms with Crippen LogP contribution in [0.3, 0.4) is 0 Å². The van der Waals surface area contributed by atoms with Crippen LogP contribution in [0.25, 0.3) is 0 Å². The lowest BCUT2D eigenvalue weighted by molar-refractivity contribution is -0.223. The summed E-state index contributed by atoms with van der Waals surface area (Å²) in [6.45, 7) is 2.50. The Morgan fingerprint density at radius 2 is 1.79 bits per heavy atom. The fourth-order valence-corrected chi connectivity index (χ4v) is 3.11. The van der Waals surface area contributed by atoms with Crippen molar-refractivity contribution >= 4 is 11.6 Å². The van der Waals surface area contributed by atoms with Gasteiger partial charge in [-0.25, -0.2) is 0 Å². The normalized spacial score (nSPS) is 19.8. The number of hydrogen-bond donors (Lipinski definition) is 1. The molecule has 2 atom stereocenters. The van der Waals surface area contributed by atoms with Crippen molar-refractivity contribution < 1.29 is 23.1 Å². The van der Waals surface area contributed by atoms with Crippen LogP contribution in [0.4, 0.5) is 18.9 Å². The summed E-state index contributed by atoms with van der Waals surface area (Å²) in [4.78, 5) is 16.0. The van der Waals surface area contributed by atoms with Crippen LogP contribution in [-0.4, -0.2) is 54.4 Å². The van der Waals surface area contributed by atoms with Crippen LogP contribution in [0, 0.1) is 5.92 Å². The maximum atomic E-state index is 12.6. The van der Waals surface area contributed by atoms with Gasteiger partial charge in [-0.05, 0) is 50.9 Å².